The molecule has 2 aromatic carbocycles. The van der Waals surface area contributed by atoms with E-state index in [1.54, 1.807) is 17.5 Å². The Labute approximate surface area is 202 Å². The maximum Gasteiger partial charge on any atom is 0.124 e. The van der Waals surface area contributed by atoms with Crippen LogP contribution in [-0.4, -0.2) is 19.7 Å². The zero-order chi connectivity index (χ0) is 23.3. The van der Waals surface area contributed by atoms with Crippen LogP contribution in [0.15, 0.2) is 91.3 Å². The van der Waals surface area contributed by atoms with Crippen LogP contribution in [0.3, 0.4) is 0 Å². The molecule has 0 radical (unpaired) electrons. The number of hydrogen-bond donors (Lipinski definition) is 0. The van der Waals surface area contributed by atoms with E-state index < -0.39 is 0 Å². The van der Waals surface area contributed by atoms with Crippen LogP contribution in [0.1, 0.15) is 30.8 Å². The molecule has 4 aromatic heterocycles. The summed E-state index contributed by atoms with van der Waals surface area (Å²) in [6.45, 7) is 6.50. The minimum absolute atomic E-state index is 0.272. The zero-order valence-corrected chi connectivity index (χ0v) is 20.2. The second-order valence-electron chi connectivity index (χ2n) is 9.12. The van der Waals surface area contributed by atoms with Crippen molar-refractivity contribution in [2.24, 2.45) is 0 Å². The summed E-state index contributed by atoms with van der Waals surface area (Å²) in [4.78, 5) is 11.0. The van der Waals surface area contributed by atoms with Crippen LogP contribution in [0.2, 0.25) is 0 Å². The van der Waals surface area contributed by atoms with E-state index in [4.69, 9.17) is 9.97 Å². The number of thiophene rings is 1. The lowest BCUT2D eigenvalue weighted by atomic mass is 9.81. The van der Waals surface area contributed by atoms with Crippen molar-refractivity contribution >= 4 is 31.6 Å². The molecule has 4 nitrogen and oxygen atoms in total. The number of hydrogen-bond acceptors (Lipinski definition) is 4. The summed E-state index contributed by atoms with van der Waals surface area (Å²) in [5, 5.41) is 6.83. The molecule has 5 heteroatoms. The molecule has 0 aliphatic carbocycles. The fourth-order valence-electron chi connectivity index (χ4n) is 4.51. The Morgan fingerprint density at radius 3 is 2.53 bits per heavy atom. The standard InChI is InChI=1S/C29H24N4S/c1-19-14-15-23-22-10-5-11-24(27(22)34-28(23)31-19)25-12-6-13-26(32-25)29(2,3)20-8-4-9-21(18-20)33-17-7-16-30-33/h4-18H,1-3H3. The minimum Gasteiger partial charge on any atom is -0.252 e. The zero-order valence-electron chi connectivity index (χ0n) is 19.4. The number of rotatable bonds is 4. The van der Waals surface area contributed by atoms with Crippen LogP contribution < -0.4 is 0 Å². The molecule has 0 bridgehead atoms. The topological polar surface area (TPSA) is 43.6 Å². The third-order valence-corrected chi connectivity index (χ3v) is 7.65. The highest BCUT2D eigenvalue weighted by Gasteiger charge is 2.26. The van der Waals surface area contributed by atoms with Crippen molar-refractivity contribution in [3.8, 4) is 16.9 Å². The Morgan fingerprint density at radius 1 is 0.824 bits per heavy atom. The molecule has 0 spiro atoms. The van der Waals surface area contributed by atoms with Gasteiger partial charge in [-0.25, -0.2) is 9.67 Å². The molecular formula is C29H24N4S. The average Bonchev–Trinajstić information content (AvgIpc) is 3.52. The molecule has 0 saturated carbocycles. The quantitative estimate of drug-likeness (QED) is 0.277. The van der Waals surface area contributed by atoms with Crippen molar-refractivity contribution < 1.29 is 0 Å². The summed E-state index contributed by atoms with van der Waals surface area (Å²) in [6, 6.07) is 27.6. The lowest BCUT2D eigenvalue weighted by Gasteiger charge is -2.26. The lowest BCUT2D eigenvalue weighted by Crippen LogP contribution is -2.21. The maximum absolute atomic E-state index is 5.19. The van der Waals surface area contributed by atoms with Gasteiger partial charge in [-0.2, -0.15) is 5.10 Å². The summed E-state index contributed by atoms with van der Waals surface area (Å²) >= 11 is 1.75. The van der Waals surface area contributed by atoms with Gasteiger partial charge in [0.1, 0.15) is 4.83 Å². The summed E-state index contributed by atoms with van der Waals surface area (Å²) in [7, 11) is 0. The van der Waals surface area contributed by atoms with Crippen molar-refractivity contribution in [2.45, 2.75) is 26.2 Å². The van der Waals surface area contributed by atoms with Gasteiger partial charge in [-0.15, -0.1) is 11.3 Å². The Kier molecular flexibility index (Phi) is 4.82. The van der Waals surface area contributed by atoms with Gasteiger partial charge in [-0.05, 0) is 55.0 Å². The summed E-state index contributed by atoms with van der Waals surface area (Å²) < 4.78 is 3.13. The summed E-state index contributed by atoms with van der Waals surface area (Å²) in [6.07, 6.45) is 3.77. The van der Waals surface area contributed by atoms with Gasteiger partial charge >= 0.3 is 0 Å². The normalized spacial score (nSPS) is 12.0. The molecular weight excluding hydrogens is 436 g/mol. The smallest absolute Gasteiger partial charge is 0.124 e. The monoisotopic (exact) mass is 460 g/mol. The minimum atomic E-state index is -0.272. The molecule has 4 heterocycles. The number of aromatic nitrogens is 4. The number of fused-ring (bicyclic) bond motifs is 3. The van der Waals surface area contributed by atoms with E-state index in [0.29, 0.717) is 0 Å². The molecule has 6 rings (SSSR count). The van der Waals surface area contributed by atoms with Gasteiger partial charge in [0, 0.05) is 44.5 Å². The van der Waals surface area contributed by atoms with Gasteiger partial charge < -0.3 is 0 Å². The molecule has 0 atom stereocenters. The first-order chi connectivity index (χ1) is 16.5. The molecule has 0 saturated heterocycles. The summed E-state index contributed by atoms with van der Waals surface area (Å²) in [5.41, 5.74) is 6.19. The van der Waals surface area contributed by atoms with Gasteiger partial charge in [0.15, 0.2) is 0 Å². The van der Waals surface area contributed by atoms with E-state index in [9.17, 15) is 0 Å². The maximum atomic E-state index is 5.19. The third kappa shape index (κ3) is 3.40. The van der Waals surface area contributed by atoms with E-state index in [-0.39, 0.29) is 5.41 Å². The third-order valence-electron chi connectivity index (χ3n) is 6.51. The predicted molar refractivity (Wildman–Crippen MR) is 141 cm³/mol. The number of pyridine rings is 2. The first kappa shape index (κ1) is 20.8. The van der Waals surface area contributed by atoms with E-state index in [1.807, 2.05) is 23.9 Å². The largest absolute Gasteiger partial charge is 0.252 e. The van der Waals surface area contributed by atoms with E-state index >= 15 is 0 Å². The predicted octanol–water partition coefficient (Wildman–Crippen LogP) is 7.33. The molecule has 0 fully saturated rings. The first-order valence-electron chi connectivity index (χ1n) is 11.4. The fourth-order valence-corrected chi connectivity index (χ4v) is 5.75. The Bertz CT molecular complexity index is 1640. The van der Waals surface area contributed by atoms with E-state index in [1.165, 1.54) is 21.0 Å². The van der Waals surface area contributed by atoms with Crippen molar-refractivity contribution in [1.82, 2.24) is 19.7 Å². The highest BCUT2D eigenvalue weighted by Crippen LogP contribution is 2.39. The van der Waals surface area contributed by atoms with Crippen LogP contribution in [0.4, 0.5) is 0 Å². The van der Waals surface area contributed by atoms with Crippen molar-refractivity contribution in [1.29, 1.82) is 0 Å². The second-order valence-corrected chi connectivity index (χ2v) is 10.1. The second kappa shape index (κ2) is 7.89. The molecule has 0 unspecified atom stereocenters. The van der Waals surface area contributed by atoms with Crippen LogP contribution in [0.5, 0.6) is 0 Å². The molecule has 0 aliphatic heterocycles. The van der Waals surface area contributed by atoms with Crippen molar-refractivity contribution in [2.75, 3.05) is 0 Å². The highest BCUT2D eigenvalue weighted by atomic mass is 32.1. The molecule has 0 amide bonds. The van der Waals surface area contributed by atoms with Crippen LogP contribution >= 0.6 is 11.3 Å². The van der Waals surface area contributed by atoms with Gasteiger partial charge in [0.2, 0.25) is 0 Å². The van der Waals surface area contributed by atoms with E-state index in [0.717, 1.165) is 33.2 Å². The van der Waals surface area contributed by atoms with Gasteiger partial charge in [-0.1, -0.05) is 50.2 Å². The number of benzene rings is 2. The van der Waals surface area contributed by atoms with Gasteiger partial charge in [0.05, 0.1) is 17.1 Å². The van der Waals surface area contributed by atoms with Crippen molar-refractivity contribution in [3.05, 3.63) is 108 Å². The Balaban J connectivity index is 1.46. The Morgan fingerprint density at radius 2 is 1.68 bits per heavy atom. The molecule has 6 aromatic rings. The van der Waals surface area contributed by atoms with Gasteiger partial charge in [-0.3, -0.25) is 4.98 Å². The molecule has 34 heavy (non-hydrogen) atoms. The highest BCUT2D eigenvalue weighted by molar-refractivity contribution is 7.26. The Hall–Kier alpha value is -3.83. The molecule has 0 aliphatic rings. The summed E-state index contributed by atoms with van der Waals surface area (Å²) in [5.74, 6) is 0. The van der Waals surface area contributed by atoms with Gasteiger partial charge in [0.25, 0.3) is 0 Å². The average molecular weight is 461 g/mol. The number of aryl methyl sites for hydroxylation is 1. The number of nitrogens with zero attached hydrogens (tertiary/aromatic N) is 4. The first-order valence-corrected chi connectivity index (χ1v) is 12.2. The lowest BCUT2D eigenvalue weighted by molar-refractivity contribution is 0.616. The van der Waals surface area contributed by atoms with E-state index in [2.05, 4.69) is 91.7 Å². The molecule has 0 N–H and O–H groups in total. The van der Waals surface area contributed by atoms with Crippen LogP contribution in [0.25, 0.3) is 37.2 Å². The fraction of sp³-hybridized carbons (Fsp3) is 0.138. The SMILES string of the molecule is Cc1ccc2c(n1)sc1c(-c3cccc(C(C)(C)c4cccc(-n5cccn5)c4)n3)cccc12. The van der Waals surface area contributed by atoms with Crippen LogP contribution in [0, 0.1) is 6.92 Å². The van der Waals surface area contributed by atoms with Crippen LogP contribution in [-0.2, 0) is 5.41 Å². The van der Waals surface area contributed by atoms with Crippen molar-refractivity contribution in [3.63, 3.8) is 0 Å². The molecule has 166 valence electrons.